The topological polar surface area (TPSA) is 60.5 Å². The molecule has 0 amide bonds. The highest BCUT2D eigenvalue weighted by Crippen LogP contribution is 2.15. The molecule has 98 valence electrons. The number of methoxy groups -OCH3 is 1. The van der Waals surface area contributed by atoms with Gasteiger partial charge in [-0.3, -0.25) is 0 Å². The number of carbonyl (C=O) groups is 1. The maximum Gasteiger partial charge on any atom is 0.331 e. The van der Waals surface area contributed by atoms with E-state index < -0.39 is 5.97 Å². The third kappa shape index (κ3) is 4.86. The first kappa shape index (κ1) is 14.0. The first-order valence-corrected chi connectivity index (χ1v) is 5.72. The van der Waals surface area contributed by atoms with Crippen LogP contribution in [0.3, 0.4) is 0 Å². The molecular formula is C13H18N2O3. The molecule has 0 radical (unpaired) electrons. The number of aromatic nitrogens is 1. The fraction of sp³-hybridized carbons (Fsp3) is 0.385. The molecule has 1 aromatic rings. The van der Waals surface area contributed by atoms with Gasteiger partial charge in [0.15, 0.2) is 0 Å². The van der Waals surface area contributed by atoms with Gasteiger partial charge in [-0.2, -0.15) is 0 Å². The second-order valence-electron chi connectivity index (χ2n) is 3.87. The molecule has 18 heavy (non-hydrogen) atoms. The minimum absolute atomic E-state index is 0.0734. The van der Waals surface area contributed by atoms with Crippen molar-refractivity contribution < 1.29 is 14.3 Å². The van der Waals surface area contributed by atoms with Gasteiger partial charge in [0.2, 0.25) is 5.88 Å². The number of carbonyl (C=O) groups excluding carboxylic acids is 1. The van der Waals surface area contributed by atoms with Gasteiger partial charge < -0.3 is 14.8 Å². The van der Waals surface area contributed by atoms with Crippen LogP contribution in [0.15, 0.2) is 30.6 Å². The van der Waals surface area contributed by atoms with Gasteiger partial charge >= 0.3 is 5.97 Å². The van der Waals surface area contributed by atoms with Crippen molar-refractivity contribution >= 4 is 5.97 Å². The molecule has 1 N–H and O–H groups in total. The summed E-state index contributed by atoms with van der Waals surface area (Å²) >= 11 is 0. The van der Waals surface area contributed by atoms with Crippen molar-refractivity contribution in [3.8, 4) is 5.88 Å². The number of pyridine rings is 1. The Morgan fingerprint density at radius 1 is 1.56 bits per heavy atom. The van der Waals surface area contributed by atoms with E-state index in [0.717, 1.165) is 5.56 Å². The molecule has 1 rings (SSSR count). The van der Waals surface area contributed by atoms with Crippen molar-refractivity contribution in [2.45, 2.75) is 26.5 Å². The van der Waals surface area contributed by atoms with Crippen LogP contribution in [-0.2, 0) is 16.1 Å². The zero-order valence-electron chi connectivity index (χ0n) is 10.8. The molecule has 0 unspecified atom stereocenters. The first-order chi connectivity index (χ1) is 8.63. The number of hydrogen-bond donors (Lipinski definition) is 1. The van der Waals surface area contributed by atoms with Crippen LogP contribution in [0, 0.1) is 0 Å². The summed E-state index contributed by atoms with van der Waals surface area (Å²) in [5, 5.41) is 2.98. The van der Waals surface area contributed by atoms with Crippen LogP contribution in [0.25, 0.3) is 0 Å². The zero-order valence-corrected chi connectivity index (χ0v) is 10.8. The Morgan fingerprint density at radius 2 is 2.33 bits per heavy atom. The summed E-state index contributed by atoms with van der Waals surface area (Å²) in [5.41, 5.74) is 0.931. The maximum atomic E-state index is 10.8. The molecule has 5 nitrogen and oxygen atoms in total. The zero-order chi connectivity index (χ0) is 13.4. The highest BCUT2D eigenvalue weighted by molar-refractivity contribution is 5.81. The fourth-order valence-electron chi connectivity index (χ4n) is 1.25. The van der Waals surface area contributed by atoms with Gasteiger partial charge in [0, 0.05) is 30.6 Å². The average Bonchev–Trinajstić information content (AvgIpc) is 2.35. The molecule has 1 aromatic heterocycles. The number of rotatable bonds is 6. The van der Waals surface area contributed by atoms with Crippen LogP contribution >= 0.6 is 0 Å². The van der Waals surface area contributed by atoms with E-state index >= 15 is 0 Å². The van der Waals surface area contributed by atoms with Crippen LogP contribution < -0.4 is 10.1 Å². The van der Waals surface area contributed by atoms with E-state index in [1.165, 1.54) is 19.4 Å². The second kappa shape index (κ2) is 7.32. The Hall–Kier alpha value is -2.04. The molecule has 0 saturated heterocycles. The third-order valence-corrected chi connectivity index (χ3v) is 2.03. The van der Waals surface area contributed by atoms with Gasteiger partial charge in [-0.25, -0.2) is 9.78 Å². The van der Waals surface area contributed by atoms with Gasteiger partial charge in [-0.15, -0.1) is 0 Å². The highest BCUT2D eigenvalue weighted by Gasteiger charge is 2.05. The lowest BCUT2D eigenvalue weighted by molar-refractivity contribution is -0.134. The van der Waals surface area contributed by atoms with Crippen LogP contribution in [0.2, 0.25) is 0 Å². The van der Waals surface area contributed by atoms with Gasteiger partial charge in [-0.1, -0.05) is 6.07 Å². The Labute approximate surface area is 107 Å². The van der Waals surface area contributed by atoms with Gasteiger partial charge in [0.05, 0.1) is 13.2 Å². The average molecular weight is 250 g/mol. The molecule has 0 saturated carbocycles. The van der Waals surface area contributed by atoms with E-state index in [1.807, 2.05) is 26.0 Å². The largest absolute Gasteiger partial charge is 0.475 e. The predicted octanol–water partition coefficient (Wildman–Crippen LogP) is 1.65. The molecule has 0 spiro atoms. The molecule has 0 aliphatic carbocycles. The molecule has 0 atom stereocenters. The number of nitrogens with one attached hydrogen (secondary N) is 1. The predicted molar refractivity (Wildman–Crippen MR) is 68.0 cm³/mol. The van der Waals surface area contributed by atoms with E-state index in [2.05, 4.69) is 15.0 Å². The number of hydrogen-bond acceptors (Lipinski definition) is 5. The Balaban J connectivity index is 2.56. The van der Waals surface area contributed by atoms with Crippen molar-refractivity contribution in [1.29, 1.82) is 0 Å². The number of nitrogens with zero attached hydrogens (tertiary/aromatic N) is 1. The molecule has 0 aliphatic heterocycles. The van der Waals surface area contributed by atoms with Crippen LogP contribution in [0.1, 0.15) is 19.4 Å². The van der Waals surface area contributed by atoms with E-state index in [1.54, 1.807) is 6.20 Å². The molecular weight excluding hydrogens is 232 g/mol. The van der Waals surface area contributed by atoms with Crippen molar-refractivity contribution in [2.24, 2.45) is 0 Å². The fourth-order valence-corrected chi connectivity index (χ4v) is 1.25. The standard InChI is InChI=1S/C13H18N2O3/c1-10(2)18-13-11(5-4-7-15-13)9-14-8-6-12(16)17-3/h4-8,10,14H,9H2,1-3H3/b8-6+. The molecule has 0 bridgehead atoms. The van der Waals surface area contributed by atoms with Crippen molar-refractivity contribution in [3.05, 3.63) is 36.2 Å². The minimum Gasteiger partial charge on any atom is -0.475 e. The summed E-state index contributed by atoms with van der Waals surface area (Å²) in [6.45, 7) is 4.43. The lowest BCUT2D eigenvalue weighted by Crippen LogP contribution is -2.12. The summed E-state index contributed by atoms with van der Waals surface area (Å²) in [7, 11) is 1.34. The Kier molecular flexibility index (Phi) is 5.70. The smallest absolute Gasteiger partial charge is 0.331 e. The van der Waals surface area contributed by atoms with E-state index in [9.17, 15) is 4.79 Å². The molecule has 0 aromatic carbocycles. The van der Waals surface area contributed by atoms with E-state index in [-0.39, 0.29) is 6.10 Å². The van der Waals surface area contributed by atoms with E-state index in [0.29, 0.717) is 12.4 Å². The molecule has 1 heterocycles. The summed E-state index contributed by atoms with van der Waals surface area (Å²) in [5.74, 6) is 0.207. The SMILES string of the molecule is COC(=O)/C=C/NCc1cccnc1OC(C)C. The number of ether oxygens (including phenoxy) is 2. The van der Waals surface area contributed by atoms with Crippen LogP contribution in [0.5, 0.6) is 5.88 Å². The van der Waals surface area contributed by atoms with Gasteiger partial charge in [-0.05, 0) is 19.9 Å². The normalized spacial score (nSPS) is 10.7. The summed E-state index contributed by atoms with van der Waals surface area (Å²) in [6, 6.07) is 3.76. The maximum absolute atomic E-state index is 10.8. The van der Waals surface area contributed by atoms with E-state index in [4.69, 9.17) is 4.74 Å². The van der Waals surface area contributed by atoms with Crippen molar-refractivity contribution in [3.63, 3.8) is 0 Å². The lowest BCUT2D eigenvalue weighted by atomic mass is 10.2. The van der Waals surface area contributed by atoms with Crippen molar-refractivity contribution in [1.82, 2.24) is 10.3 Å². The molecule has 0 aliphatic rings. The summed E-state index contributed by atoms with van der Waals surface area (Å²) < 4.78 is 10.1. The number of esters is 1. The minimum atomic E-state index is -0.396. The molecule has 0 fully saturated rings. The third-order valence-electron chi connectivity index (χ3n) is 2.03. The summed E-state index contributed by atoms with van der Waals surface area (Å²) in [6.07, 6.45) is 4.62. The van der Waals surface area contributed by atoms with Gasteiger partial charge in [0.25, 0.3) is 0 Å². The van der Waals surface area contributed by atoms with Crippen molar-refractivity contribution in [2.75, 3.05) is 7.11 Å². The monoisotopic (exact) mass is 250 g/mol. The lowest BCUT2D eigenvalue weighted by Gasteiger charge is -2.12. The van der Waals surface area contributed by atoms with Gasteiger partial charge in [0.1, 0.15) is 0 Å². The van der Waals surface area contributed by atoms with Crippen LogP contribution in [0.4, 0.5) is 0 Å². The second-order valence-corrected chi connectivity index (χ2v) is 3.87. The Morgan fingerprint density at radius 3 is 3.00 bits per heavy atom. The first-order valence-electron chi connectivity index (χ1n) is 5.72. The quantitative estimate of drug-likeness (QED) is 0.614. The summed E-state index contributed by atoms with van der Waals surface area (Å²) in [4.78, 5) is 15.0. The highest BCUT2D eigenvalue weighted by atomic mass is 16.5. The van der Waals surface area contributed by atoms with Crippen LogP contribution in [-0.4, -0.2) is 24.2 Å². The Bertz CT molecular complexity index is 416. The molecule has 5 heteroatoms.